The molecule has 3 aromatic rings. The number of likely N-dealkylation sites (N-methyl/N-ethyl adjacent to an activating group) is 1. The number of nitrogens with zero attached hydrogens (tertiary/aromatic N) is 5. The summed E-state index contributed by atoms with van der Waals surface area (Å²) in [5, 5.41) is 16.8. The summed E-state index contributed by atoms with van der Waals surface area (Å²) in [4.78, 5) is 13.1. The van der Waals surface area contributed by atoms with E-state index < -0.39 is 11.7 Å². The van der Waals surface area contributed by atoms with E-state index >= 15 is 0 Å². The molecule has 1 N–H and O–H groups in total. The fourth-order valence-electron chi connectivity index (χ4n) is 3.91. The van der Waals surface area contributed by atoms with Crippen LogP contribution in [-0.2, 0) is 18.0 Å². The number of aromatic nitrogens is 4. The van der Waals surface area contributed by atoms with Crippen molar-refractivity contribution in [2.24, 2.45) is 7.05 Å². The molecule has 31 heavy (non-hydrogen) atoms. The number of anilines is 1. The molecule has 0 spiro atoms. The Labute approximate surface area is 176 Å². The van der Waals surface area contributed by atoms with Crippen LogP contribution in [0.15, 0.2) is 24.4 Å². The van der Waals surface area contributed by atoms with E-state index in [2.05, 4.69) is 32.6 Å². The smallest absolute Gasteiger partial charge is 0.416 e. The van der Waals surface area contributed by atoms with E-state index in [9.17, 15) is 18.0 Å². The second-order valence-electron chi connectivity index (χ2n) is 7.60. The molecule has 0 amide bonds. The zero-order chi connectivity index (χ0) is 22.2. The van der Waals surface area contributed by atoms with Gasteiger partial charge in [-0.1, -0.05) is 0 Å². The number of hydrogen-bond donors (Lipinski definition) is 1. The maximum Gasteiger partial charge on any atom is 0.416 e. The van der Waals surface area contributed by atoms with Crippen molar-refractivity contribution in [3.05, 3.63) is 30.0 Å². The van der Waals surface area contributed by atoms with E-state index in [1.54, 1.807) is 17.9 Å². The van der Waals surface area contributed by atoms with Gasteiger partial charge in [-0.15, -0.1) is 10.2 Å². The minimum Gasteiger partial charge on any atom is -0.428 e. The van der Waals surface area contributed by atoms with Gasteiger partial charge in [0, 0.05) is 25.2 Å². The van der Waals surface area contributed by atoms with E-state index in [0.29, 0.717) is 16.7 Å². The third kappa shape index (κ3) is 4.18. The minimum atomic E-state index is -4.57. The quantitative estimate of drug-likeness (QED) is 0.618. The predicted molar refractivity (Wildman–Crippen MR) is 108 cm³/mol. The van der Waals surface area contributed by atoms with Crippen molar-refractivity contribution in [3.63, 3.8) is 0 Å². The molecular weight excluding hydrogens is 413 g/mol. The van der Waals surface area contributed by atoms with E-state index in [4.69, 9.17) is 4.74 Å². The Morgan fingerprint density at radius 3 is 2.77 bits per heavy atom. The van der Waals surface area contributed by atoms with Gasteiger partial charge in [0.25, 0.3) is 6.47 Å². The molecule has 1 saturated heterocycles. The molecule has 164 valence electrons. The Morgan fingerprint density at radius 2 is 2.06 bits per heavy atom. The summed E-state index contributed by atoms with van der Waals surface area (Å²) in [5.41, 5.74) is 0.230. The average molecular weight is 434 g/mol. The van der Waals surface area contributed by atoms with Crippen molar-refractivity contribution in [3.8, 4) is 17.0 Å². The van der Waals surface area contributed by atoms with Crippen molar-refractivity contribution in [2.45, 2.75) is 25.1 Å². The van der Waals surface area contributed by atoms with Gasteiger partial charge in [0.1, 0.15) is 17.0 Å². The molecule has 1 aliphatic rings. The summed E-state index contributed by atoms with van der Waals surface area (Å²) < 4.78 is 45.8. The van der Waals surface area contributed by atoms with Gasteiger partial charge in [-0.25, -0.2) is 0 Å². The minimum absolute atomic E-state index is 0.0857. The molecule has 0 bridgehead atoms. The zero-order valence-corrected chi connectivity index (χ0v) is 17.0. The van der Waals surface area contributed by atoms with Crippen LogP contribution in [0.5, 0.6) is 5.75 Å². The molecule has 1 atom stereocenters. The van der Waals surface area contributed by atoms with Gasteiger partial charge in [0.2, 0.25) is 0 Å². The van der Waals surface area contributed by atoms with Gasteiger partial charge in [0.05, 0.1) is 17.1 Å². The van der Waals surface area contributed by atoms with Crippen LogP contribution in [0.4, 0.5) is 19.0 Å². The van der Waals surface area contributed by atoms with Gasteiger partial charge in [-0.2, -0.15) is 18.3 Å². The standard InChI is InChI=1S/C20H21F3N6O2/c1-28-7-3-4-13(10-28)25-19-18-15(9-24-29(18)2)17(26-27-19)14-6-5-12(20(21,22)23)8-16(14)31-11-30/h5-6,8-9,11,13H,3-4,7,10H2,1-2H3,(H,25,27)/t13-/m1/s1. The first-order valence-electron chi connectivity index (χ1n) is 9.73. The Kier molecular flexibility index (Phi) is 5.52. The number of halogens is 3. The van der Waals surface area contributed by atoms with Crippen molar-refractivity contribution in [1.82, 2.24) is 24.9 Å². The molecule has 11 heteroatoms. The van der Waals surface area contributed by atoms with E-state index in [-0.39, 0.29) is 29.5 Å². The molecule has 4 rings (SSSR count). The maximum atomic E-state index is 13.1. The number of aryl methyl sites for hydroxylation is 1. The topological polar surface area (TPSA) is 85.2 Å². The number of carbonyl (C=O) groups excluding carboxylic acids is 1. The number of nitrogens with one attached hydrogen (secondary N) is 1. The molecule has 0 saturated carbocycles. The van der Waals surface area contributed by atoms with E-state index in [1.807, 2.05) is 0 Å². The molecule has 1 fully saturated rings. The Hall–Kier alpha value is -3.21. The van der Waals surface area contributed by atoms with Crippen LogP contribution in [0.25, 0.3) is 22.2 Å². The number of benzene rings is 1. The Balaban J connectivity index is 1.78. The largest absolute Gasteiger partial charge is 0.428 e. The summed E-state index contributed by atoms with van der Waals surface area (Å²) in [7, 11) is 3.81. The number of fused-ring (bicyclic) bond motifs is 1. The van der Waals surface area contributed by atoms with E-state index in [1.165, 1.54) is 6.07 Å². The van der Waals surface area contributed by atoms with Crippen LogP contribution in [0.1, 0.15) is 18.4 Å². The first-order valence-corrected chi connectivity index (χ1v) is 9.73. The summed E-state index contributed by atoms with van der Waals surface area (Å²) in [6.45, 7) is 1.98. The van der Waals surface area contributed by atoms with Crippen molar-refractivity contribution < 1.29 is 22.7 Å². The first-order chi connectivity index (χ1) is 14.8. The number of likely N-dealkylation sites (tertiary alicyclic amines) is 1. The monoisotopic (exact) mass is 434 g/mol. The number of hydrogen-bond acceptors (Lipinski definition) is 7. The molecular formula is C20H21F3N6O2. The maximum absolute atomic E-state index is 13.1. The number of ether oxygens (including phenoxy) is 1. The predicted octanol–water partition coefficient (Wildman–Crippen LogP) is 3.09. The van der Waals surface area contributed by atoms with Crippen LogP contribution in [0.3, 0.4) is 0 Å². The van der Waals surface area contributed by atoms with Crippen LogP contribution in [-0.4, -0.2) is 57.5 Å². The highest BCUT2D eigenvalue weighted by atomic mass is 19.4. The molecule has 1 aliphatic heterocycles. The summed E-state index contributed by atoms with van der Waals surface area (Å²) in [5.74, 6) is 0.294. The Bertz CT molecular complexity index is 1110. The second kappa shape index (κ2) is 8.14. The van der Waals surface area contributed by atoms with Gasteiger partial charge in [-0.05, 0) is 44.6 Å². The van der Waals surface area contributed by atoms with E-state index in [0.717, 1.165) is 38.1 Å². The fourth-order valence-corrected chi connectivity index (χ4v) is 3.91. The van der Waals surface area contributed by atoms with Crippen molar-refractivity contribution >= 4 is 23.2 Å². The zero-order valence-electron chi connectivity index (χ0n) is 17.0. The number of rotatable bonds is 5. The van der Waals surface area contributed by atoms with Crippen LogP contribution in [0.2, 0.25) is 0 Å². The van der Waals surface area contributed by atoms with Gasteiger partial charge in [0.15, 0.2) is 5.82 Å². The Morgan fingerprint density at radius 1 is 1.26 bits per heavy atom. The van der Waals surface area contributed by atoms with Gasteiger partial charge < -0.3 is 15.0 Å². The lowest BCUT2D eigenvalue weighted by Gasteiger charge is -2.30. The fraction of sp³-hybridized carbons (Fsp3) is 0.400. The van der Waals surface area contributed by atoms with Crippen LogP contribution < -0.4 is 10.1 Å². The van der Waals surface area contributed by atoms with Gasteiger partial charge >= 0.3 is 6.18 Å². The third-order valence-corrected chi connectivity index (χ3v) is 5.37. The normalized spacial score (nSPS) is 17.6. The highest BCUT2D eigenvalue weighted by Gasteiger charge is 2.32. The molecule has 0 radical (unpaired) electrons. The lowest BCUT2D eigenvalue weighted by Crippen LogP contribution is -2.40. The molecule has 8 nitrogen and oxygen atoms in total. The molecule has 1 aromatic carbocycles. The third-order valence-electron chi connectivity index (χ3n) is 5.37. The molecule has 0 unspecified atom stereocenters. The SMILES string of the molecule is CN1CCC[C@@H](Nc2nnc(-c3ccc(C(F)(F)F)cc3OC=O)c3cnn(C)c23)C1. The van der Waals surface area contributed by atoms with Crippen molar-refractivity contribution in [1.29, 1.82) is 0 Å². The molecule has 2 aromatic heterocycles. The molecule has 0 aliphatic carbocycles. The summed E-state index contributed by atoms with van der Waals surface area (Å²) >= 11 is 0. The first kappa shape index (κ1) is 21.0. The summed E-state index contributed by atoms with van der Waals surface area (Å²) in [6, 6.07) is 3.11. The highest BCUT2D eigenvalue weighted by Crippen LogP contribution is 2.39. The molecule has 3 heterocycles. The van der Waals surface area contributed by atoms with Crippen molar-refractivity contribution in [2.75, 3.05) is 25.5 Å². The lowest BCUT2D eigenvalue weighted by atomic mass is 10.0. The second-order valence-corrected chi connectivity index (χ2v) is 7.60. The highest BCUT2D eigenvalue weighted by molar-refractivity contribution is 5.99. The van der Waals surface area contributed by atoms with Crippen LogP contribution >= 0.6 is 0 Å². The summed E-state index contributed by atoms with van der Waals surface area (Å²) in [6.07, 6.45) is -0.953. The number of alkyl halides is 3. The van der Waals surface area contributed by atoms with Crippen LogP contribution in [0, 0.1) is 0 Å². The average Bonchev–Trinajstić information content (AvgIpc) is 3.10. The number of carbonyl (C=O) groups is 1. The number of piperidine rings is 1. The van der Waals surface area contributed by atoms with Gasteiger partial charge in [-0.3, -0.25) is 9.48 Å². The lowest BCUT2D eigenvalue weighted by molar-refractivity contribution is -0.138.